The first-order valence-corrected chi connectivity index (χ1v) is 10.3. The number of ether oxygens (including phenoxy) is 2. The van der Waals surface area contributed by atoms with Gasteiger partial charge in [-0.05, 0) is 44.7 Å². The molecule has 1 aromatic heterocycles. The Morgan fingerprint density at radius 3 is 2.97 bits per heavy atom. The number of hydrogen-bond acceptors (Lipinski definition) is 6. The lowest BCUT2D eigenvalue weighted by atomic mass is 9.92. The van der Waals surface area contributed by atoms with Gasteiger partial charge in [0, 0.05) is 31.1 Å². The van der Waals surface area contributed by atoms with Crippen molar-refractivity contribution >= 4 is 11.7 Å². The Morgan fingerprint density at radius 1 is 1.37 bits per heavy atom. The number of Topliss-reactive ketones (excluding diaryl/α,β-unsaturated/α-hetero) is 1. The molecule has 2 aliphatic rings. The van der Waals surface area contributed by atoms with Crippen molar-refractivity contribution in [3.63, 3.8) is 0 Å². The quantitative estimate of drug-likeness (QED) is 0.827. The predicted molar refractivity (Wildman–Crippen MR) is 110 cm³/mol. The third-order valence-corrected chi connectivity index (χ3v) is 5.56. The Balaban J connectivity index is 1.48. The Bertz CT molecular complexity index is 958. The fourth-order valence-corrected chi connectivity index (χ4v) is 4.21. The lowest BCUT2D eigenvalue weighted by Gasteiger charge is -2.36. The van der Waals surface area contributed by atoms with Crippen LogP contribution in [0.15, 0.2) is 36.7 Å². The van der Waals surface area contributed by atoms with Crippen LogP contribution < -0.4 is 9.47 Å². The maximum atomic E-state index is 12.9. The first-order valence-electron chi connectivity index (χ1n) is 10.3. The highest BCUT2D eigenvalue weighted by molar-refractivity contribution is 6.03. The van der Waals surface area contributed by atoms with Crippen molar-refractivity contribution < 1.29 is 24.2 Å². The van der Waals surface area contributed by atoms with Crippen molar-refractivity contribution in [1.29, 1.82) is 0 Å². The standard InChI is InChI=1S/C23H26N2O5/c1-23(2)12-19(27)22-18(26)10-16(11-20(22)30-23)29-14-21(28)25-9-4-3-7-17(25)15-6-5-8-24-13-15/h5-6,8,10-11,13,17,26H,3-4,7,9,12,14H2,1-2H3/t17-/m0/s1. The van der Waals surface area contributed by atoms with E-state index in [4.69, 9.17) is 9.47 Å². The molecule has 158 valence electrons. The molecule has 7 heteroatoms. The lowest BCUT2D eigenvalue weighted by molar-refractivity contribution is -0.137. The summed E-state index contributed by atoms with van der Waals surface area (Å²) in [5.74, 6) is 0.0821. The molecule has 30 heavy (non-hydrogen) atoms. The molecule has 0 aliphatic carbocycles. The number of fused-ring (bicyclic) bond motifs is 1. The molecule has 0 radical (unpaired) electrons. The van der Waals surface area contributed by atoms with Crippen LogP contribution in [0.5, 0.6) is 17.2 Å². The molecule has 1 N–H and O–H groups in total. The van der Waals surface area contributed by atoms with Crippen LogP contribution in [0.1, 0.15) is 61.5 Å². The van der Waals surface area contributed by atoms with Crippen molar-refractivity contribution in [2.45, 2.75) is 51.2 Å². The number of carbonyl (C=O) groups is 2. The predicted octanol–water partition coefficient (Wildman–Crippen LogP) is 3.66. The molecule has 1 saturated heterocycles. The number of phenolic OH excluding ortho intramolecular Hbond substituents is 1. The SMILES string of the molecule is CC1(C)CC(=O)c2c(O)cc(OCC(=O)N3CCCC[C@H]3c3cccnc3)cc2O1. The van der Waals surface area contributed by atoms with Gasteiger partial charge in [0.25, 0.3) is 5.91 Å². The molecule has 1 fully saturated rings. The number of piperidine rings is 1. The van der Waals surface area contributed by atoms with Gasteiger partial charge in [0.2, 0.25) is 0 Å². The second-order valence-electron chi connectivity index (χ2n) is 8.45. The summed E-state index contributed by atoms with van der Waals surface area (Å²) in [6.07, 6.45) is 6.61. The van der Waals surface area contributed by atoms with E-state index in [0.717, 1.165) is 24.8 Å². The largest absolute Gasteiger partial charge is 0.507 e. The monoisotopic (exact) mass is 410 g/mol. The van der Waals surface area contributed by atoms with Crippen LogP contribution in [-0.2, 0) is 4.79 Å². The van der Waals surface area contributed by atoms with E-state index < -0.39 is 5.60 Å². The number of aromatic hydroxyl groups is 1. The second-order valence-corrected chi connectivity index (χ2v) is 8.45. The Labute approximate surface area is 175 Å². The molecule has 0 spiro atoms. The lowest BCUT2D eigenvalue weighted by Crippen LogP contribution is -2.41. The zero-order chi connectivity index (χ0) is 21.3. The number of nitrogens with zero attached hydrogens (tertiary/aromatic N) is 2. The normalized spacial score (nSPS) is 20.3. The van der Waals surface area contributed by atoms with Crippen molar-refractivity contribution in [3.05, 3.63) is 47.8 Å². The maximum Gasteiger partial charge on any atom is 0.261 e. The van der Waals surface area contributed by atoms with Gasteiger partial charge in [0.05, 0.1) is 12.5 Å². The summed E-state index contributed by atoms with van der Waals surface area (Å²) in [6.45, 7) is 4.14. The van der Waals surface area contributed by atoms with E-state index in [1.54, 1.807) is 18.5 Å². The van der Waals surface area contributed by atoms with Gasteiger partial charge in [0.15, 0.2) is 12.4 Å². The number of benzene rings is 1. The number of aromatic nitrogens is 1. The highest BCUT2D eigenvalue weighted by Gasteiger charge is 2.35. The fraction of sp³-hybridized carbons (Fsp3) is 0.435. The van der Waals surface area contributed by atoms with Crippen LogP contribution in [0.2, 0.25) is 0 Å². The zero-order valence-corrected chi connectivity index (χ0v) is 17.3. The van der Waals surface area contributed by atoms with Crippen LogP contribution in [0.4, 0.5) is 0 Å². The van der Waals surface area contributed by atoms with Gasteiger partial charge in [-0.25, -0.2) is 0 Å². The number of pyridine rings is 1. The molecule has 1 aromatic carbocycles. The van der Waals surface area contributed by atoms with Gasteiger partial charge in [-0.1, -0.05) is 6.07 Å². The molecular weight excluding hydrogens is 384 g/mol. The minimum Gasteiger partial charge on any atom is -0.507 e. The molecule has 2 aliphatic heterocycles. The first-order chi connectivity index (χ1) is 14.3. The molecule has 2 aromatic rings. The van der Waals surface area contributed by atoms with E-state index >= 15 is 0 Å². The van der Waals surface area contributed by atoms with Crippen LogP contribution in [0.3, 0.4) is 0 Å². The molecular formula is C23H26N2O5. The summed E-state index contributed by atoms with van der Waals surface area (Å²) in [4.78, 5) is 31.3. The number of carbonyl (C=O) groups excluding carboxylic acids is 2. The summed E-state index contributed by atoms with van der Waals surface area (Å²) in [5.41, 5.74) is 0.530. The third-order valence-electron chi connectivity index (χ3n) is 5.56. The summed E-state index contributed by atoms with van der Waals surface area (Å²) < 4.78 is 11.5. The van der Waals surface area contributed by atoms with Crippen molar-refractivity contribution in [3.8, 4) is 17.2 Å². The Hall–Kier alpha value is -3.09. The fourth-order valence-electron chi connectivity index (χ4n) is 4.21. The highest BCUT2D eigenvalue weighted by Crippen LogP contribution is 2.41. The van der Waals surface area contributed by atoms with Gasteiger partial charge in [-0.2, -0.15) is 0 Å². The first kappa shape index (κ1) is 20.2. The van der Waals surface area contributed by atoms with Crippen LogP contribution >= 0.6 is 0 Å². The van der Waals surface area contributed by atoms with Crippen LogP contribution in [0.25, 0.3) is 0 Å². The molecule has 3 heterocycles. The van der Waals surface area contributed by atoms with Crippen molar-refractivity contribution in [1.82, 2.24) is 9.88 Å². The van der Waals surface area contributed by atoms with Gasteiger partial charge >= 0.3 is 0 Å². The minimum absolute atomic E-state index is 0.0118. The van der Waals surface area contributed by atoms with E-state index in [2.05, 4.69) is 4.98 Å². The molecule has 0 saturated carbocycles. The van der Waals surface area contributed by atoms with E-state index in [-0.39, 0.29) is 47.8 Å². The average Bonchev–Trinajstić information content (AvgIpc) is 2.71. The number of amides is 1. The van der Waals surface area contributed by atoms with Crippen LogP contribution in [0, 0.1) is 0 Å². The third kappa shape index (κ3) is 4.10. The summed E-state index contributed by atoms with van der Waals surface area (Å²) in [6, 6.07) is 6.78. The molecule has 0 unspecified atom stereocenters. The minimum atomic E-state index is -0.657. The van der Waals surface area contributed by atoms with E-state index in [1.807, 2.05) is 30.9 Å². The number of likely N-dealkylation sites (tertiary alicyclic amines) is 1. The summed E-state index contributed by atoms with van der Waals surface area (Å²) in [5, 5.41) is 10.3. The van der Waals surface area contributed by atoms with Crippen molar-refractivity contribution in [2.24, 2.45) is 0 Å². The van der Waals surface area contributed by atoms with Gasteiger partial charge in [-0.15, -0.1) is 0 Å². The molecule has 1 amide bonds. The molecule has 7 nitrogen and oxygen atoms in total. The van der Waals surface area contributed by atoms with Crippen molar-refractivity contribution in [2.75, 3.05) is 13.2 Å². The van der Waals surface area contributed by atoms with Crippen LogP contribution in [-0.4, -0.2) is 45.4 Å². The number of rotatable bonds is 4. The van der Waals surface area contributed by atoms with E-state index in [0.29, 0.717) is 12.3 Å². The molecule has 4 rings (SSSR count). The van der Waals surface area contributed by atoms with E-state index in [9.17, 15) is 14.7 Å². The number of hydrogen-bond donors (Lipinski definition) is 1. The summed E-state index contributed by atoms with van der Waals surface area (Å²) >= 11 is 0. The number of ketones is 1. The topological polar surface area (TPSA) is 89.0 Å². The van der Waals surface area contributed by atoms with Gasteiger partial charge < -0.3 is 19.5 Å². The molecule has 0 bridgehead atoms. The smallest absolute Gasteiger partial charge is 0.261 e. The van der Waals surface area contributed by atoms with Gasteiger partial charge in [-0.3, -0.25) is 14.6 Å². The van der Waals surface area contributed by atoms with Gasteiger partial charge in [0.1, 0.15) is 28.4 Å². The average molecular weight is 410 g/mol. The second kappa shape index (κ2) is 7.97. The maximum absolute atomic E-state index is 12.9. The highest BCUT2D eigenvalue weighted by atomic mass is 16.5. The Kier molecular flexibility index (Phi) is 5.37. The van der Waals surface area contributed by atoms with E-state index in [1.165, 1.54) is 6.07 Å². The Morgan fingerprint density at radius 2 is 2.20 bits per heavy atom. The zero-order valence-electron chi connectivity index (χ0n) is 17.3. The molecule has 1 atom stereocenters. The summed E-state index contributed by atoms with van der Waals surface area (Å²) in [7, 11) is 0. The number of phenols is 1.